The van der Waals surface area contributed by atoms with E-state index in [9.17, 15) is 0 Å². The average Bonchev–Trinajstić information content (AvgIpc) is 2.09. The normalized spacial score (nSPS) is 16.1. The Hall–Kier alpha value is -0.120. The molecule has 0 saturated carbocycles. The van der Waals surface area contributed by atoms with E-state index in [1.807, 2.05) is 0 Å². The van der Waals surface area contributed by atoms with Gasteiger partial charge in [0.25, 0.3) is 0 Å². The number of hydrogen-bond donors (Lipinski definition) is 3. The molecule has 4 N–H and O–H groups in total. The maximum absolute atomic E-state index is 6.38. The van der Waals surface area contributed by atoms with Crippen LogP contribution in [0.5, 0.6) is 0 Å². The fourth-order valence-corrected chi connectivity index (χ4v) is 2.22. The lowest BCUT2D eigenvalue weighted by atomic mass is 9.71. The molecule has 0 heterocycles. The van der Waals surface area contributed by atoms with E-state index in [0.29, 0.717) is 0 Å². The van der Waals surface area contributed by atoms with Gasteiger partial charge in [-0.3, -0.25) is 0 Å². The Bertz CT molecular complexity index is 338. The zero-order chi connectivity index (χ0) is 18.4. The van der Waals surface area contributed by atoms with Gasteiger partial charge in [-0.25, -0.2) is 0 Å². The second-order valence-electron chi connectivity index (χ2n) is 10.7. The van der Waals surface area contributed by atoms with Crippen molar-refractivity contribution in [3.8, 4) is 0 Å². The molecular formula is C19H43N3. The van der Waals surface area contributed by atoms with Crippen molar-refractivity contribution >= 4 is 0 Å². The Kier molecular flexibility index (Phi) is 5.72. The molecule has 0 radical (unpaired) electrons. The number of nitrogens with one attached hydrogen (secondary N) is 2. The van der Waals surface area contributed by atoms with Crippen LogP contribution in [-0.4, -0.2) is 27.7 Å². The van der Waals surface area contributed by atoms with Crippen molar-refractivity contribution in [2.24, 2.45) is 11.1 Å². The zero-order valence-corrected chi connectivity index (χ0v) is 17.6. The van der Waals surface area contributed by atoms with E-state index < -0.39 is 0 Å². The van der Waals surface area contributed by atoms with Crippen LogP contribution in [0.3, 0.4) is 0 Å². The number of rotatable bonds is 6. The van der Waals surface area contributed by atoms with Gasteiger partial charge in [0.2, 0.25) is 0 Å². The third-order valence-electron chi connectivity index (χ3n) is 6.30. The lowest BCUT2D eigenvalue weighted by molar-refractivity contribution is 0.0581. The molecule has 0 aromatic carbocycles. The zero-order valence-electron chi connectivity index (χ0n) is 17.6. The fourth-order valence-electron chi connectivity index (χ4n) is 2.22. The smallest absolute Gasteiger partial charge is 0.0307 e. The third-order valence-corrected chi connectivity index (χ3v) is 6.30. The molecule has 22 heavy (non-hydrogen) atoms. The summed E-state index contributed by atoms with van der Waals surface area (Å²) in [6.07, 6.45) is 0. The van der Waals surface area contributed by atoms with Gasteiger partial charge in [-0.15, -0.1) is 0 Å². The summed E-state index contributed by atoms with van der Waals surface area (Å²) < 4.78 is 0. The van der Waals surface area contributed by atoms with Crippen LogP contribution in [0.1, 0.15) is 90.0 Å². The standard InChI is InChI=1S/C19H43N3/c1-14(2,3)16(6,7)21-18(10,11)19(12,13)22-17(8,9)15(4,5)20/h21-22H,20H2,1-13H3. The fraction of sp³-hybridized carbons (Fsp3) is 1.00. The van der Waals surface area contributed by atoms with Gasteiger partial charge in [-0.1, -0.05) is 20.8 Å². The highest BCUT2D eigenvalue weighted by molar-refractivity contribution is 5.10. The first kappa shape index (κ1) is 21.9. The largest absolute Gasteiger partial charge is 0.324 e. The van der Waals surface area contributed by atoms with Crippen LogP contribution < -0.4 is 16.4 Å². The summed E-state index contributed by atoms with van der Waals surface area (Å²) in [6.45, 7) is 29.0. The summed E-state index contributed by atoms with van der Waals surface area (Å²) >= 11 is 0. The SMILES string of the molecule is CC(C)(C)C(C)(C)NC(C)(C)C(C)(C)NC(C)(C)C(C)(C)N. The molecule has 0 atom stereocenters. The highest BCUT2D eigenvalue weighted by Crippen LogP contribution is 2.35. The van der Waals surface area contributed by atoms with Crippen LogP contribution in [0.2, 0.25) is 0 Å². The maximum Gasteiger partial charge on any atom is 0.0307 e. The topological polar surface area (TPSA) is 50.1 Å². The van der Waals surface area contributed by atoms with Crippen molar-refractivity contribution in [2.75, 3.05) is 0 Å². The highest BCUT2D eigenvalue weighted by Gasteiger charge is 2.47. The minimum atomic E-state index is -0.306. The minimum absolute atomic E-state index is 0.0117. The molecule has 0 aliphatic rings. The van der Waals surface area contributed by atoms with E-state index in [-0.39, 0.29) is 33.1 Å². The second kappa shape index (κ2) is 5.75. The van der Waals surface area contributed by atoms with Gasteiger partial charge in [-0.05, 0) is 74.7 Å². The average molecular weight is 314 g/mol. The number of nitrogens with two attached hydrogens (primary N) is 1. The molecule has 3 heteroatoms. The van der Waals surface area contributed by atoms with Gasteiger partial charge >= 0.3 is 0 Å². The third kappa shape index (κ3) is 4.69. The van der Waals surface area contributed by atoms with Crippen molar-refractivity contribution in [1.82, 2.24) is 10.6 Å². The van der Waals surface area contributed by atoms with E-state index in [1.165, 1.54) is 0 Å². The van der Waals surface area contributed by atoms with Crippen molar-refractivity contribution in [3.63, 3.8) is 0 Å². The summed E-state index contributed by atoms with van der Waals surface area (Å²) in [4.78, 5) is 0. The Labute approximate surface area is 140 Å². The van der Waals surface area contributed by atoms with Gasteiger partial charge in [0, 0.05) is 27.7 Å². The van der Waals surface area contributed by atoms with Crippen molar-refractivity contribution in [1.29, 1.82) is 0 Å². The molecule has 3 nitrogen and oxygen atoms in total. The van der Waals surface area contributed by atoms with E-state index in [2.05, 4.69) is 101 Å². The Morgan fingerprint density at radius 1 is 0.455 bits per heavy atom. The predicted molar refractivity (Wildman–Crippen MR) is 100 cm³/mol. The molecule has 0 saturated heterocycles. The van der Waals surface area contributed by atoms with E-state index >= 15 is 0 Å². The number of hydrogen-bond acceptors (Lipinski definition) is 3. The monoisotopic (exact) mass is 313 g/mol. The first-order valence-electron chi connectivity index (χ1n) is 8.54. The van der Waals surface area contributed by atoms with Gasteiger partial charge in [0.15, 0.2) is 0 Å². The van der Waals surface area contributed by atoms with Crippen molar-refractivity contribution in [3.05, 3.63) is 0 Å². The van der Waals surface area contributed by atoms with Gasteiger partial charge < -0.3 is 16.4 Å². The lowest BCUT2D eigenvalue weighted by Gasteiger charge is -2.55. The Morgan fingerprint density at radius 2 is 0.727 bits per heavy atom. The summed E-state index contributed by atoms with van der Waals surface area (Å²) in [6, 6.07) is 0. The van der Waals surface area contributed by atoms with Crippen LogP contribution in [0.4, 0.5) is 0 Å². The summed E-state index contributed by atoms with van der Waals surface area (Å²) in [7, 11) is 0. The molecule has 0 aromatic rings. The quantitative estimate of drug-likeness (QED) is 0.693. The molecule has 0 amide bonds. The van der Waals surface area contributed by atoms with E-state index in [0.717, 1.165) is 0 Å². The molecule has 0 aliphatic carbocycles. The lowest BCUT2D eigenvalue weighted by Crippen LogP contribution is -2.75. The molecule has 0 aliphatic heterocycles. The predicted octanol–water partition coefficient (Wildman–Crippen LogP) is 4.06. The molecule has 0 spiro atoms. The van der Waals surface area contributed by atoms with Crippen LogP contribution in [-0.2, 0) is 0 Å². The Morgan fingerprint density at radius 3 is 0.955 bits per heavy atom. The van der Waals surface area contributed by atoms with E-state index in [4.69, 9.17) is 5.73 Å². The molecule has 134 valence electrons. The van der Waals surface area contributed by atoms with Crippen LogP contribution in [0, 0.1) is 5.41 Å². The molecule has 0 fully saturated rings. The molecular weight excluding hydrogens is 270 g/mol. The minimum Gasteiger partial charge on any atom is -0.324 e. The van der Waals surface area contributed by atoms with E-state index in [1.54, 1.807) is 0 Å². The molecule has 0 aromatic heterocycles. The summed E-state index contributed by atoms with van der Waals surface area (Å²) in [5.41, 5.74) is 5.84. The second-order valence-corrected chi connectivity index (χ2v) is 10.7. The van der Waals surface area contributed by atoms with Gasteiger partial charge in [0.1, 0.15) is 0 Å². The first-order valence-corrected chi connectivity index (χ1v) is 8.54. The van der Waals surface area contributed by atoms with Gasteiger partial charge in [-0.2, -0.15) is 0 Å². The van der Waals surface area contributed by atoms with Gasteiger partial charge in [0.05, 0.1) is 0 Å². The van der Waals surface area contributed by atoms with Crippen LogP contribution >= 0.6 is 0 Å². The van der Waals surface area contributed by atoms with Crippen LogP contribution in [0.15, 0.2) is 0 Å². The van der Waals surface area contributed by atoms with Crippen LogP contribution in [0.25, 0.3) is 0 Å². The summed E-state index contributed by atoms with van der Waals surface area (Å²) in [5, 5.41) is 7.68. The maximum atomic E-state index is 6.38. The highest BCUT2D eigenvalue weighted by atomic mass is 15.2. The molecule has 0 rings (SSSR count). The summed E-state index contributed by atoms with van der Waals surface area (Å²) in [5.74, 6) is 0. The van der Waals surface area contributed by atoms with Crippen molar-refractivity contribution < 1.29 is 0 Å². The first-order chi connectivity index (χ1) is 9.16. The Balaban J connectivity index is 5.44. The molecule has 0 unspecified atom stereocenters. The molecule has 0 bridgehead atoms. The van der Waals surface area contributed by atoms with Crippen molar-refractivity contribution in [2.45, 2.75) is 118 Å².